The average molecular weight is 381 g/mol. The van der Waals surface area contributed by atoms with Crippen LogP contribution in [0.1, 0.15) is 49.8 Å². The van der Waals surface area contributed by atoms with E-state index in [4.69, 9.17) is 5.73 Å². The molecule has 2 N–H and O–H groups in total. The Hall–Kier alpha value is -1.53. The fourth-order valence-electron chi connectivity index (χ4n) is 2.54. The third kappa shape index (κ3) is 5.98. The Bertz CT molecular complexity index is 831. The minimum atomic E-state index is -1.60. The van der Waals surface area contributed by atoms with Crippen LogP contribution in [-0.2, 0) is 4.79 Å². The van der Waals surface area contributed by atoms with Crippen molar-refractivity contribution in [3.05, 3.63) is 76.9 Å². The van der Waals surface area contributed by atoms with E-state index in [0.29, 0.717) is 17.1 Å². The maximum absolute atomic E-state index is 14.3. The zero-order valence-electron chi connectivity index (χ0n) is 16.1. The molecule has 0 aromatic heterocycles. The van der Waals surface area contributed by atoms with Crippen LogP contribution >= 0.6 is 0 Å². The van der Waals surface area contributed by atoms with Crippen LogP contribution < -0.4 is 40.4 Å². The first-order chi connectivity index (χ1) is 12.1. The average Bonchev–Trinajstić information content (AvgIpc) is 2.56. The van der Waals surface area contributed by atoms with Gasteiger partial charge in [-0.25, -0.2) is 8.78 Å². The molecule has 0 bridgehead atoms. The van der Waals surface area contributed by atoms with Crippen molar-refractivity contribution in [3.8, 4) is 0 Å². The van der Waals surface area contributed by atoms with E-state index in [2.05, 4.69) is 13.8 Å². The van der Waals surface area contributed by atoms with Crippen molar-refractivity contribution in [1.29, 1.82) is 0 Å². The Kier molecular flexibility index (Phi) is 8.36. The quantitative estimate of drug-likeness (QED) is 0.736. The van der Waals surface area contributed by atoms with Crippen molar-refractivity contribution in [1.82, 2.24) is 0 Å². The van der Waals surface area contributed by atoms with Crippen LogP contribution in [0.3, 0.4) is 0 Å². The van der Waals surface area contributed by atoms with Crippen LogP contribution in [-0.4, -0.2) is 11.5 Å². The Balaban J connectivity index is 0.00000364. The summed E-state index contributed by atoms with van der Waals surface area (Å²) in [6.45, 7) is 5.45. The predicted octanol–water partition coefficient (Wildman–Crippen LogP) is 0.381. The molecule has 2 rings (SSSR count). The second-order valence-corrected chi connectivity index (χ2v) is 6.93. The predicted molar refractivity (Wildman–Crippen MR) is 96.2 cm³/mol. The summed E-state index contributed by atoms with van der Waals surface area (Å²) in [7, 11) is 0. The van der Waals surface area contributed by atoms with Crippen molar-refractivity contribution in [3.63, 3.8) is 0 Å². The second-order valence-electron chi connectivity index (χ2n) is 6.93. The Morgan fingerprint density at radius 1 is 1.19 bits per heavy atom. The zero-order chi connectivity index (χ0) is 19.5. The molecular weight excluding hydrogens is 359 g/mol. The molecule has 0 aliphatic rings. The zero-order valence-corrected chi connectivity index (χ0v) is 18.1. The van der Waals surface area contributed by atoms with Gasteiger partial charge >= 0.3 is 29.6 Å². The molecule has 0 saturated carbocycles. The van der Waals surface area contributed by atoms with Gasteiger partial charge in [0, 0.05) is 11.6 Å². The number of rotatable bonds is 6. The van der Waals surface area contributed by atoms with E-state index in [1.165, 1.54) is 13.0 Å². The van der Waals surface area contributed by atoms with Gasteiger partial charge in [-0.1, -0.05) is 44.2 Å². The van der Waals surface area contributed by atoms with Crippen molar-refractivity contribution >= 4 is 11.5 Å². The molecule has 6 heteroatoms. The topological polar surface area (TPSA) is 66.2 Å². The van der Waals surface area contributed by atoms with Crippen molar-refractivity contribution in [2.75, 3.05) is 0 Å². The van der Waals surface area contributed by atoms with Gasteiger partial charge in [-0.05, 0) is 48.1 Å². The molecule has 1 unspecified atom stereocenters. The maximum Gasteiger partial charge on any atom is 1.00 e. The summed E-state index contributed by atoms with van der Waals surface area (Å²) >= 11 is 0. The largest absolute Gasteiger partial charge is 1.00 e. The number of carbonyl (C=O) groups is 1. The van der Waals surface area contributed by atoms with Gasteiger partial charge in [-0.2, -0.15) is 0 Å². The number of hydrogen-bond acceptors (Lipinski definition) is 3. The fraction of sp³-hybridized carbons (Fsp3) is 0.286. The molecule has 0 heterocycles. The number of carboxylic acid groups (broad SMARTS) is 1. The first-order valence-corrected chi connectivity index (χ1v) is 8.38. The minimum Gasteiger partial charge on any atom is -0.548 e. The molecule has 138 valence electrons. The summed E-state index contributed by atoms with van der Waals surface area (Å²) in [5.41, 5.74) is 6.57. The minimum absolute atomic E-state index is 0. The molecule has 0 saturated heterocycles. The van der Waals surface area contributed by atoms with Crippen molar-refractivity contribution in [2.45, 2.75) is 38.6 Å². The number of benzene rings is 2. The van der Waals surface area contributed by atoms with E-state index in [1.54, 1.807) is 6.08 Å². The standard InChI is InChI=1S/C21H23F2NO2.Na/c1-13(2)14-4-6-15(7-5-14)17(10-11-21(3,24)20(25)26)18-9-8-16(22)12-19(18)23;/h4-10,12-13H,11,24H2,1-3H3,(H,25,26);/q;+1/p-1/b17-10-;. The summed E-state index contributed by atoms with van der Waals surface area (Å²) in [6, 6.07) is 10.8. The molecule has 1 atom stereocenters. The summed E-state index contributed by atoms with van der Waals surface area (Å²) in [5.74, 6) is -2.47. The van der Waals surface area contributed by atoms with Gasteiger partial charge in [0.1, 0.15) is 11.6 Å². The molecule has 0 fully saturated rings. The number of halogens is 2. The van der Waals surface area contributed by atoms with Gasteiger partial charge in [0.05, 0.1) is 11.5 Å². The van der Waals surface area contributed by atoms with Gasteiger partial charge in [-0.3, -0.25) is 0 Å². The number of carbonyl (C=O) groups excluding carboxylic acids is 1. The van der Waals surface area contributed by atoms with Crippen LogP contribution in [0.25, 0.3) is 5.57 Å². The van der Waals surface area contributed by atoms with Gasteiger partial charge in [0.25, 0.3) is 0 Å². The molecule has 3 nitrogen and oxygen atoms in total. The van der Waals surface area contributed by atoms with Crippen LogP contribution in [0.2, 0.25) is 0 Å². The normalized spacial score (nSPS) is 13.8. The third-order valence-corrected chi connectivity index (χ3v) is 4.31. The Labute approximate surface area is 180 Å². The van der Waals surface area contributed by atoms with Crippen molar-refractivity contribution in [2.24, 2.45) is 5.73 Å². The van der Waals surface area contributed by atoms with Crippen LogP contribution in [0.4, 0.5) is 8.78 Å². The number of carboxylic acids is 1. The van der Waals surface area contributed by atoms with Gasteiger partial charge in [0.15, 0.2) is 0 Å². The van der Waals surface area contributed by atoms with Gasteiger partial charge < -0.3 is 15.6 Å². The van der Waals surface area contributed by atoms with E-state index < -0.39 is 23.1 Å². The fourth-order valence-corrected chi connectivity index (χ4v) is 2.54. The van der Waals surface area contributed by atoms with Gasteiger partial charge in [0.2, 0.25) is 0 Å². The van der Waals surface area contributed by atoms with Crippen molar-refractivity contribution < 1.29 is 48.2 Å². The van der Waals surface area contributed by atoms with Crippen LogP contribution in [0.5, 0.6) is 0 Å². The molecule has 0 radical (unpaired) electrons. The number of hydrogen-bond donors (Lipinski definition) is 1. The second kappa shape index (κ2) is 9.60. The molecule has 0 aliphatic heterocycles. The molecule has 27 heavy (non-hydrogen) atoms. The summed E-state index contributed by atoms with van der Waals surface area (Å²) in [4.78, 5) is 11.1. The third-order valence-electron chi connectivity index (χ3n) is 4.31. The SMILES string of the molecule is CC(C)c1ccc(/C(=C/CC(C)(N)C(=O)[O-])c2ccc(F)cc2F)cc1.[Na+]. The van der Waals surface area contributed by atoms with E-state index in [9.17, 15) is 18.7 Å². The Morgan fingerprint density at radius 2 is 1.78 bits per heavy atom. The van der Waals surface area contributed by atoms with E-state index in [1.807, 2.05) is 24.3 Å². The summed E-state index contributed by atoms with van der Waals surface area (Å²) in [6.07, 6.45) is 1.49. The van der Waals surface area contributed by atoms with E-state index >= 15 is 0 Å². The molecule has 2 aromatic rings. The Morgan fingerprint density at radius 3 is 2.26 bits per heavy atom. The summed E-state index contributed by atoms with van der Waals surface area (Å²) < 4.78 is 27.6. The molecule has 2 aromatic carbocycles. The molecule has 0 amide bonds. The first kappa shape index (κ1) is 23.5. The van der Waals surface area contributed by atoms with Gasteiger partial charge in [-0.15, -0.1) is 0 Å². The van der Waals surface area contributed by atoms with E-state index in [0.717, 1.165) is 17.7 Å². The maximum atomic E-state index is 14.3. The van der Waals surface area contributed by atoms with E-state index in [-0.39, 0.29) is 41.5 Å². The summed E-state index contributed by atoms with van der Waals surface area (Å²) in [5, 5.41) is 11.1. The number of nitrogens with two attached hydrogens (primary N) is 1. The molecular formula is C21H22F2NNaO2. The number of aliphatic carboxylic acids is 1. The molecule has 0 aliphatic carbocycles. The smallest absolute Gasteiger partial charge is 0.548 e. The monoisotopic (exact) mass is 381 g/mol. The van der Waals surface area contributed by atoms with Crippen LogP contribution in [0.15, 0.2) is 48.5 Å². The van der Waals surface area contributed by atoms with Crippen LogP contribution in [0, 0.1) is 11.6 Å². The molecule has 0 spiro atoms. The first-order valence-electron chi connectivity index (χ1n) is 8.38.